The van der Waals surface area contributed by atoms with Crippen LogP contribution >= 0.6 is 0 Å². The predicted molar refractivity (Wildman–Crippen MR) is 82.0 cm³/mol. The molecular formula is C16H28N2O3. The highest BCUT2D eigenvalue weighted by atomic mass is 16.5. The van der Waals surface area contributed by atoms with Gasteiger partial charge >= 0.3 is 0 Å². The Labute approximate surface area is 127 Å². The molecule has 0 aromatic carbocycles. The standard InChI is InChI=1S/C16H28N2O3/c1-2-21-13-15(19)12-17-7-9-18(10-8-17)16(20)11-14-5-3-4-6-14/h3,5,14-15,19H,2,4,6-13H2,1H3/t14-,15-/m0/s1. The van der Waals surface area contributed by atoms with Gasteiger partial charge in [-0.3, -0.25) is 9.69 Å². The number of carbonyl (C=O) groups excluding carboxylic acids is 1. The lowest BCUT2D eigenvalue weighted by Crippen LogP contribution is -2.51. The molecule has 120 valence electrons. The highest BCUT2D eigenvalue weighted by molar-refractivity contribution is 5.76. The number of nitrogens with zero attached hydrogens (tertiary/aromatic N) is 2. The maximum atomic E-state index is 12.2. The second-order valence-electron chi connectivity index (χ2n) is 5.96. The van der Waals surface area contributed by atoms with Crippen LogP contribution in [0.5, 0.6) is 0 Å². The third-order valence-corrected chi connectivity index (χ3v) is 4.26. The van der Waals surface area contributed by atoms with Crippen molar-refractivity contribution >= 4 is 5.91 Å². The molecule has 0 aromatic heterocycles. The van der Waals surface area contributed by atoms with E-state index in [0.717, 1.165) is 39.0 Å². The van der Waals surface area contributed by atoms with E-state index >= 15 is 0 Å². The summed E-state index contributed by atoms with van der Waals surface area (Å²) in [5, 5.41) is 9.84. The molecule has 0 unspecified atom stereocenters. The summed E-state index contributed by atoms with van der Waals surface area (Å²) in [6.45, 7) is 6.82. The minimum atomic E-state index is -0.434. The zero-order valence-electron chi connectivity index (χ0n) is 13.0. The number of hydrogen-bond acceptors (Lipinski definition) is 4. The molecule has 0 radical (unpaired) electrons. The molecule has 1 aliphatic heterocycles. The normalized spacial score (nSPS) is 24.5. The highest BCUT2D eigenvalue weighted by Gasteiger charge is 2.24. The number of β-amino-alcohol motifs (C(OH)–C–C–N with tert-alkyl or cyclic N) is 1. The van der Waals surface area contributed by atoms with Crippen LogP contribution < -0.4 is 0 Å². The second kappa shape index (κ2) is 8.51. The Balaban J connectivity index is 1.65. The molecule has 1 N–H and O–H groups in total. The molecule has 1 fully saturated rings. The average molecular weight is 296 g/mol. The molecule has 5 nitrogen and oxygen atoms in total. The van der Waals surface area contributed by atoms with Crippen LogP contribution in [0.3, 0.4) is 0 Å². The van der Waals surface area contributed by atoms with Gasteiger partial charge in [0.25, 0.3) is 0 Å². The first-order chi connectivity index (χ1) is 10.2. The van der Waals surface area contributed by atoms with E-state index in [-0.39, 0.29) is 5.91 Å². The van der Waals surface area contributed by atoms with Crippen molar-refractivity contribution in [2.24, 2.45) is 5.92 Å². The lowest BCUT2D eigenvalue weighted by Gasteiger charge is -2.36. The van der Waals surface area contributed by atoms with E-state index in [9.17, 15) is 9.90 Å². The molecule has 5 heteroatoms. The van der Waals surface area contributed by atoms with Gasteiger partial charge < -0.3 is 14.7 Å². The number of aliphatic hydroxyl groups excluding tert-OH is 1. The molecule has 1 aliphatic carbocycles. The molecule has 1 amide bonds. The van der Waals surface area contributed by atoms with E-state index in [4.69, 9.17) is 4.74 Å². The summed E-state index contributed by atoms with van der Waals surface area (Å²) in [4.78, 5) is 16.4. The zero-order chi connectivity index (χ0) is 15.1. The lowest BCUT2D eigenvalue weighted by atomic mass is 10.0. The largest absolute Gasteiger partial charge is 0.389 e. The summed E-state index contributed by atoms with van der Waals surface area (Å²) < 4.78 is 5.22. The van der Waals surface area contributed by atoms with Gasteiger partial charge in [-0.05, 0) is 25.7 Å². The van der Waals surface area contributed by atoms with E-state index in [1.165, 1.54) is 0 Å². The van der Waals surface area contributed by atoms with E-state index in [1.807, 2.05) is 11.8 Å². The SMILES string of the molecule is CCOC[C@@H](O)CN1CCN(C(=O)C[C@H]2C=CCC2)CC1. The molecule has 2 atom stereocenters. The number of rotatable bonds is 7. The van der Waals surface area contributed by atoms with Gasteiger partial charge in [-0.15, -0.1) is 0 Å². The fraction of sp³-hybridized carbons (Fsp3) is 0.812. The van der Waals surface area contributed by atoms with Crippen LogP contribution in [0.2, 0.25) is 0 Å². The molecule has 2 rings (SSSR count). The maximum Gasteiger partial charge on any atom is 0.223 e. The quantitative estimate of drug-likeness (QED) is 0.709. The van der Waals surface area contributed by atoms with Crippen LogP contribution in [0.4, 0.5) is 0 Å². The molecule has 0 aromatic rings. The molecule has 21 heavy (non-hydrogen) atoms. The van der Waals surface area contributed by atoms with Crippen molar-refractivity contribution in [3.8, 4) is 0 Å². The summed E-state index contributed by atoms with van der Waals surface area (Å²) >= 11 is 0. The molecule has 0 spiro atoms. The van der Waals surface area contributed by atoms with Crippen molar-refractivity contribution < 1.29 is 14.6 Å². The zero-order valence-corrected chi connectivity index (χ0v) is 13.0. The summed E-state index contributed by atoms with van der Waals surface area (Å²) in [5.41, 5.74) is 0. The number of aliphatic hydroxyl groups is 1. The van der Waals surface area contributed by atoms with Gasteiger partial charge in [-0.1, -0.05) is 12.2 Å². The second-order valence-corrected chi connectivity index (χ2v) is 5.96. The van der Waals surface area contributed by atoms with Gasteiger partial charge in [0.15, 0.2) is 0 Å². The van der Waals surface area contributed by atoms with E-state index in [1.54, 1.807) is 0 Å². The van der Waals surface area contributed by atoms with Crippen LogP contribution in [0.15, 0.2) is 12.2 Å². The van der Waals surface area contributed by atoms with Crippen molar-refractivity contribution in [2.45, 2.75) is 32.3 Å². The van der Waals surface area contributed by atoms with Crippen molar-refractivity contribution in [2.75, 3.05) is 45.9 Å². The van der Waals surface area contributed by atoms with Gasteiger partial charge in [0, 0.05) is 45.8 Å². The first-order valence-electron chi connectivity index (χ1n) is 8.11. The molecule has 2 aliphatic rings. The number of allylic oxidation sites excluding steroid dienone is 2. The Bertz CT molecular complexity index is 351. The lowest BCUT2D eigenvalue weighted by molar-refractivity contribution is -0.133. The first kappa shape index (κ1) is 16.5. The maximum absolute atomic E-state index is 12.2. The average Bonchev–Trinajstić information content (AvgIpc) is 2.98. The summed E-state index contributed by atoms with van der Waals surface area (Å²) in [7, 11) is 0. The Morgan fingerprint density at radius 3 is 2.76 bits per heavy atom. The van der Waals surface area contributed by atoms with Gasteiger partial charge in [0.2, 0.25) is 5.91 Å². The monoisotopic (exact) mass is 296 g/mol. The Kier molecular flexibility index (Phi) is 6.67. The number of carbonyl (C=O) groups is 1. The van der Waals surface area contributed by atoms with Crippen molar-refractivity contribution in [1.82, 2.24) is 9.80 Å². The number of hydrogen-bond donors (Lipinski definition) is 1. The Hall–Kier alpha value is -0.910. The van der Waals surface area contributed by atoms with Crippen molar-refractivity contribution in [1.29, 1.82) is 0 Å². The van der Waals surface area contributed by atoms with E-state index in [2.05, 4.69) is 17.1 Å². The van der Waals surface area contributed by atoms with Crippen LogP contribution in [0.25, 0.3) is 0 Å². The summed E-state index contributed by atoms with van der Waals surface area (Å²) in [6, 6.07) is 0. The summed E-state index contributed by atoms with van der Waals surface area (Å²) in [6.07, 6.45) is 6.81. The fourth-order valence-electron chi connectivity index (χ4n) is 3.00. The minimum Gasteiger partial charge on any atom is -0.389 e. The Morgan fingerprint density at radius 1 is 1.38 bits per heavy atom. The van der Waals surface area contributed by atoms with Gasteiger partial charge in [0.1, 0.15) is 0 Å². The third kappa shape index (κ3) is 5.41. The smallest absolute Gasteiger partial charge is 0.223 e. The topological polar surface area (TPSA) is 53.0 Å². The Morgan fingerprint density at radius 2 is 2.14 bits per heavy atom. The third-order valence-electron chi connectivity index (χ3n) is 4.26. The van der Waals surface area contributed by atoms with Crippen LogP contribution in [-0.2, 0) is 9.53 Å². The molecule has 0 bridgehead atoms. The molecule has 1 saturated heterocycles. The molecular weight excluding hydrogens is 268 g/mol. The first-order valence-corrected chi connectivity index (χ1v) is 8.11. The van der Waals surface area contributed by atoms with Crippen LogP contribution in [0, 0.1) is 5.92 Å². The highest BCUT2D eigenvalue weighted by Crippen LogP contribution is 2.21. The fourth-order valence-corrected chi connectivity index (χ4v) is 3.00. The molecule has 1 heterocycles. The van der Waals surface area contributed by atoms with Crippen molar-refractivity contribution in [3.63, 3.8) is 0 Å². The van der Waals surface area contributed by atoms with Gasteiger partial charge in [0.05, 0.1) is 12.7 Å². The van der Waals surface area contributed by atoms with Crippen molar-refractivity contribution in [3.05, 3.63) is 12.2 Å². The number of amides is 1. The predicted octanol–water partition coefficient (Wildman–Crippen LogP) is 0.884. The van der Waals surface area contributed by atoms with Gasteiger partial charge in [-0.25, -0.2) is 0 Å². The molecule has 0 saturated carbocycles. The summed E-state index contributed by atoms with van der Waals surface area (Å²) in [5.74, 6) is 0.726. The number of piperazine rings is 1. The van der Waals surface area contributed by atoms with E-state index < -0.39 is 6.10 Å². The van der Waals surface area contributed by atoms with Crippen LogP contribution in [-0.4, -0.2) is 72.9 Å². The minimum absolute atomic E-state index is 0.279. The van der Waals surface area contributed by atoms with Crippen LogP contribution in [0.1, 0.15) is 26.2 Å². The van der Waals surface area contributed by atoms with E-state index in [0.29, 0.717) is 32.1 Å². The number of ether oxygens (including phenoxy) is 1. The van der Waals surface area contributed by atoms with Gasteiger partial charge in [-0.2, -0.15) is 0 Å².